The summed E-state index contributed by atoms with van der Waals surface area (Å²) in [6.45, 7) is 5.25. The van der Waals surface area contributed by atoms with Crippen molar-refractivity contribution >= 4 is 6.09 Å². The van der Waals surface area contributed by atoms with Gasteiger partial charge in [-0.15, -0.1) is 5.10 Å². The molecule has 3 aromatic rings. The molecule has 1 aromatic heterocycles. The Balaban J connectivity index is 1.09. The number of piperidine rings is 1. The number of amides is 1. The molecule has 4 aliphatic rings. The van der Waals surface area contributed by atoms with Gasteiger partial charge in [-0.2, -0.15) is 0 Å². The number of halogens is 4. The van der Waals surface area contributed by atoms with Gasteiger partial charge < -0.3 is 24.6 Å². The van der Waals surface area contributed by atoms with E-state index in [9.17, 15) is 23.8 Å². The third-order valence-electron chi connectivity index (χ3n) is 9.69. The van der Waals surface area contributed by atoms with Gasteiger partial charge in [0.2, 0.25) is 0 Å². The highest BCUT2D eigenvalue weighted by Gasteiger charge is 2.82. The van der Waals surface area contributed by atoms with Crippen molar-refractivity contribution < 1.29 is 42.0 Å². The fourth-order valence-corrected chi connectivity index (χ4v) is 7.23. The Morgan fingerprint density at radius 2 is 1.67 bits per heavy atom. The van der Waals surface area contributed by atoms with Crippen LogP contribution in [0.25, 0.3) is 0 Å². The van der Waals surface area contributed by atoms with Crippen LogP contribution in [0.3, 0.4) is 0 Å². The number of rotatable bonds is 9. The Labute approximate surface area is 263 Å². The van der Waals surface area contributed by atoms with Crippen LogP contribution in [0.4, 0.5) is 22.4 Å². The number of benzene rings is 2. The van der Waals surface area contributed by atoms with Gasteiger partial charge in [0.1, 0.15) is 41.5 Å². The quantitative estimate of drug-likeness (QED) is 0.320. The molecule has 4 fully saturated rings. The van der Waals surface area contributed by atoms with Crippen molar-refractivity contribution in [2.75, 3.05) is 19.7 Å². The second-order valence-electron chi connectivity index (χ2n) is 14.2. The molecule has 1 atom stereocenters. The molecule has 2 N–H and O–H groups in total. The molecule has 7 rings (SSSR count). The summed E-state index contributed by atoms with van der Waals surface area (Å²) in [5, 5.41) is 33.0. The lowest BCUT2D eigenvalue weighted by atomic mass is 9.30. The number of hydrogen-bond donors (Lipinski definition) is 2. The van der Waals surface area contributed by atoms with Gasteiger partial charge in [0.25, 0.3) is 5.92 Å². The maximum absolute atomic E-state index is 16.4. The third-order valence-corrected chi connectivity index (χ3v) is 9.69. The lowest BCUT2D eigenvalue weighted by Crippen LogP contribution is -2.76. The second-order valence-corrected chi connectivity index (χ2v) is 14.2. The normalized spacial score (nSPS) is 25.2. The van der Waals surface area contributed by atoms with Gasteiger partial charge >= 0.3 is 6.09 Å². The van der Waals surface area contributed by atoms with Crippen molar-refractivity contribution in [1.82, 2.24) is 25.1 Å². The van der Waals surface area contributed by atoms with Crippen molar-refractivity contribution in [1.29, 1.82) is 0 Å². The van der Waals surface area contributed by atoms with Gasteiger partial charge in [0, 0.05) is 30.1 Å². The molecule has 14 heteroatoms. The van der Waals surface area contributed by atoms with Crippen molar-refractivity contribution in [2.24, 2.45) is 5.41 Å². The van der Waals surface area contributed by atoms with E-state index in [-0.39, 0.29) is 25.9 Å². The molecule has 3 aliphatic carbocycles. The van der Waals surface area contributed by atoms with E-state index in [2.05, 4.69) is 15.5 Å². The lowest BCUT2D eigenvalue weighted by Gasteiger charge is -2.74. The Hall–Kier alpha value is -3.78. The summed E-state index contributed by atoms with van der Waals surface area (Å²) in [6, 6.07) is 9.19. The molecule has 0 radical (unpaired) electrons. The molecule has 248 valence electrons. The van der Waals surface area contributed by atoms with Crippen molar-refractivity contribution in [2.45, 2.75) is 87.6 Å². The molecular formula is C32H37F4N5O5. The smallest absolute Gasteiger partial charge is 0.410 e. The predicted molar refractivity (Wildman–Crippen MR) is 155 cm³/mol. The molecule has 1 amide bonds. The number of aromatic nitrogens is 4. The number of likely N-dealkylation sites (tertiary alicyclic amines) is 1. The first-order valence-electron chi connectivity index (χ1n) is 15.2. The Morgan fingerprint density at radius 3 is 2.24 bits per heavy atom. The van der Waals surface area contributed by atoms with Crippen molar-refractivity contribution in [3.05, 3.63) is 71.6 Å². The monoisotopic (exact) mass is 647 g/mol. The van der Waals surface area contributed by atoms with Crippen LogP contribution in [0.2, 0.25) is 0 Å². The minimum absolute atomic E-state index is 0.0226. The minimum atomic E-state index is -3.82. The van der Waals surface area contributed by atoms with E-state index in [4.69, 9.17) is 9.47 Å². The zero-order valence-electron chi connectivity index (χ0n) is 25.8. The number of hydrogen-bond acceptors (Lipinski definition) is 8. The second kappa shape index (κ2) is 10.9. The number of tetrazole rings is 1. The summed E-state index contributed by atoms with van der Waals surface area (Å²) >= 11 is 0. The molecule has 10 nitrogen and oxygen atoms in total. The highest BCUT2D eigenvalue weighted by Crippen LogP contribution is 2.80. The predicted octanol–water partition coefficient (Wildman–Crippen LogP) is 4.74. The zero-order valence-corrected chi connectivity index (χ0v) is 25.8. The van der Waals surface area contributed by atoms with Crippen LogP contribution in [0.1, 0.15) is 64.0 Å². The average molecular weight is 648 g/mol. The molecule has 1 saturated heterocycles. The van der Waals surface area contributed by atoms with Crippen LogP contribution in [-0.4, -0.2) is 78.2 Å². The van der Waals surface area contributed by atoms with Gasteiger partial charge in [-0.05, 0) is 98.5 Å². The van der Waals surface area contributed by atoms with Crippen LogP contribution in [0.15, 0.2) is 48.8 Å². The summed E-state index contributed by atoms with van der Waals surface area (Å²) in [6.07, 6.45) is 1.45. The summed E-state index contributed by atoms with van der Waals surface area (Å²) < 4.78 is 73.6. The van der Waals surface area contributed by atoms with Gasteiger partial charge in [0.05, 0.1) is 6.54 Å². The van der Waals surface area contributed by atoms with E-state index in [1.54, 1.807) is 49.9 Å². The van der Waals surface area contributed by atoms with Crippen LogP contribution < -0.4 is 4.74 Å². The van der Waals surface area contributed by atoms with Gasteiger partial charge in [0.15, 0.2) is 5.60 Å². The Morgan fingerprint density at radius 1 is 1.02 bits per heavy atom. The fraction of sp³-hybridized carbons (Fsp3) is 0.562. The molecule has 2 aromatic carbocycles. The summed E-state index contributed by atoms with van der Waals surface area (Å²) in [5.41, 5.74) is -6.82. The van der Waals surface area contributed by atoms with Crippen LogP contribution in [0.5, 0.6) is 5.75 Å². The SMILES string of the molecule is CC(C)(C)OC(=O)N1CCC(O)(COc2ccc(C34CC(C(F)(F)C(O)(Cn5cnnn5)c5ccc(F)cc5F)(C3)C4)cc2)CC1. The number of aliphatic hydroxyl groups is 2. The first-order valence-corrected chi connectivity index (χ1v) is 15.2. The highest BCUT2D eigenvalue weighted by molar-refractivity contribution is 5.68. The highest BCUT2D eigenvalue weighted by atomic mass is 19.3. The minimum Gasteiger partial charge on any atom is -0.491 e. The molecule has 3 saturated carbocycles. The fourth-order valence-electron chi connectivity index (χ4n) is 7.23. The van der Waals surface area contributed by atoms with Crippen molar-refractivity contribution in [3.63, 3.8) is 0 Å². The molecule has 46 heavy (non-hydrogen) atoms. The van der Waals surface area contributed by atoms with Crippen LogP contribution in [-0.2, 0) is 22.3 Å². The van der Waals surface area contributed by atoms with E-state index in [0.717, 1.165) is 28.7 Å². The van der Waals surface area contributed by atoms with E-state index in [1.807, 2.05) is 0 Å². The first kappa shape index (κ1) is 32.2. The van der Waals surface area contributed by atoms with Crippen LogP contribution in [0, 0.1) is 17.0 Å². The number of ether oxygens (including phenoxy) is 2. The van der Waals surface area contributed by atoms with E-state index in [1.165, 1.54) is 0 Å². The van der Waals surface area contributed by atoms with Gasteiger partial charge in [-0.1, -0.05) is 12.1 Å². The molecule has 2 heterocycles. The zero-order chi connectivity index (χ0) is 33.2. The van der Waals surface area contributed by atoms with Crippen LogP contribution >= 0.6 is 0 Å². The standard InChI is InChI=1S/C32H37F4N5O5/c1-27(2,3)46-26(42)40-12-10-30(43,11-13-40)19-45-23-7-4-21(5-8-23)28-15-29(16-28,17-28)32(35,36)31(44,18-41-20-37-38-39-41)24-9-6-22(33)14-25(24)34/h4-9,14,20,43-44H,10-13,15-19H2,1-3H3. The van der Waals surface area contributed by atoms with Gasteiger partial charge in [-0.3, -0.25) is 0 Å². The third kappa shape index (κ3) is 5.48. The van der Waals surface area contributed by atoms with E-state index >= 15 is 8.78 Å². The summed E-state index contributed by atoms with van der Waals surface area (Å²) in [4.78, 5) is 13.9. The van der Waals surface area contributed by atoms with Gasteiger partial charge in [-0.25, -0.2) is 27.0 Å². The van der Waals surface area contributed by atoms with E-state index < -0.39 is 63.4 Å². The summed E-state index contributed by atoms with van der Waals surface area (Å²) in [5.74, 6) is -5.56. The Kier molecular flexibility index (Phi) is 7.62. The molecule has 1 unspecified atom stereocenters. The number of carbonyl (C=O) groups excluding carboxylic acids is 1. The van der Waals surface area contributed by atoms with Crippen molar-refractivity contribution in [3.8, 4) is 5.75 Å². The maximum Gasteiger partial charge on any atom is 0.410 e. The topological polar surface area (TPSA) is 123 Å². The number of alkyl halides is 2. The lowest BCUT2D eigenvalue weighted by molar-refractivity contribution is -0.347. The molecule has 1 aliphatic heterocycles. The average Bonchev–Trinajstić information content (AvgIpc) is 3.43. The summed E-state index contributed by atoms with van der Waals surface area (Å²) in [7, 11) is 0. The molecule has 0 spiro atoms. The largest absolute Gasteiger partial charge is 0.491 e. The number of nitrogens with zero attached hydrogens (tertiary/aromatic N) is 5. The molecule has 2 bridgehead atoms. The first-order chi connectivity index (χ1) is 21.5. The number of carbonyl (C=O) groups is 1. The van der Waals surface area contributed by atoms with E-state index in [0.29, 0.717) is 37.7 Å². The Bertz CT molecular complexity index is 1570. The molecular weight excluding hydrogens is 610 g/mol. The maximum atomic E-state index is 16.4.